The first-order valence-electron chi connectivity index (χ1n) is 3.95. The maximum Gasteiger partial charge on any atom is -0.0137 e. The monoisotopic (exact) mass is 148 g/mol. The van der Waals surface area contributed by atoms with Crippen molar-refractivity contribution in [2.24, 2.45) is 0 Å². The van der Waals surface area contributed by atoms with Gasteiger partial charge in [0.25, 0.3) is 0 Å². The van der Waals surface area contributed by atoms with Gasteiger partial charge in [0, 0.05) is 0 Å². The van der Waals surface area contributed by atoms with Crippen molar-refractivity contribution >= 4 is 0 Å². The Labute approximate surface area is 69.6 Å². The summed E-state index contributed by atoms with van der Waals surface area (Å²) in [6.45, 7) is 13.4. The van der Waals surface area contributed by atoms with E-state index in [0.717, 1.165) is 17.6 Å². The van der Waals surface area contributed by atoms with Crippen molar-refractivity contribution in [1.82, 2.24) is 0 Å². The van der Waals surface area contributed by atoms with Crippen LogP contribution in [0.5, 0.6) is 0 Å². The Kier molecular flexibility index (Phi) is 5.24. The van der Waals surface area contributed by atoms with E-state index in [0.29, 0.717) is 0 Å². The van der Waals surface area contributed by atoms with Crippen molar-refractivity contribution in [3.05, 3.63) is 42.7 Å². The van der Waals surface area contributed by atoms with Crippen LogP contribution < -0.4 is 0 Å². The van der Waals surface area contributed by atoms with E-state index in [1.165, 1.54) is 12.8 Å². The van der Waals surface area contributed by atoms with Crippen LogP contribution in [0, 0.1) is 0 Å². The molecule has 0 aromatic rings. The van der Waals surface area contributed by atoms with Crippen molar-refractivity contribution in [2.75, 3.05) is 0 Å². The van der Waals surface area contributed by atoms with Crippen LogP contribution in [0.1, 0.15) is 26.2 Å². The highest BCUT2D eigenvalue weighted by Gasteiger charge is 1.94. The van der Waals surface area contributed by atoms with E-state index in [1.54, 1.807) is 6.08 Å². The Hall–Kier alpha value is -1.00. The van der Waals surface area contributed by atoms with Crippen molar-refractivity contribution in [2.45, 2.75) is 26.2 Å². The molecule has 0 aromatic heterocycles. The molecule has 0 N–H and O–H groups in total. The fourth-order valence-corrected chi connectivity index (χ4v) is 0.776. The van der Waals surface area contributed by atoms with E-state index >= 15 is 0 Å². The van der Waals surface area contributed by atoms with Gasteiger partial charge in [0.05, 0.1) is 0 Å². The maximum atomic E-state index is 3.91. The molecular formula is C11H16. The van der Waals surface area contributed by atoms with Crippen molar-refractivity contribution < 1.29 is 0 Å². The molecule has 11 heavy (non-hydrogen) atoms. The van der Waals surface area contributed by atoms with Crippen molar-refractivity contribution in [3.8, 4) is 0 Å². The highest BCUT2D eigenvalue weighted by molar-refractivity contribution is 5.34. The first kappa shape index (κ1) is 10.0. The molecule has 0 nitrogen and oxygen atoms in total. The minimum Gasteiger partial charge on any atom is -0.128 e. The molecule has 0 aliphatic rings. The van der Waals surface area contributed by atoms with Crippen LogP contribution in [0.15, 0.2) is 42.7 Å². The molecule has 0 saturated heterocycles. The lowest BCUT2D eigenvalue weighted by molar-refractivity contribution is 0.796. The van der Waals surface area contributed by atoms with Crippen molar-refractivity contribution in [1.29, 1.82) is 0 Å². The molecule has 0 spiro atoms. The van der Waals surface area contributed by atoms with Gasteiger partial charge in [0.2, 0.25) is 0 Å². The van der Waals surface area contributed by atoms with E-state index in [2.05, 4.69) is 32.4 Å². The molecular weight excluding hydrogens is 132 g/mol. The number of hydrogen-bond acceptors (Lipinski definition) is 0. The zero-order chi connectivity index (χ0) is 8.69. The molecule has 0 bridgehead atoms. The Morgan fingerprint density at radius 2 is 2.09 bits per heavy atom. The molecule has 0 aliphatic heterocycles. The second-order valence-corrected chi connectivity index (χ2v) is 2.58. The lowest BCUT2D eigenvalue weighted by Gasteiger charge is -2.01. The van der Waals surface area contributed by atoms with Gasteiger partial charge in [0.15, 0.2) is 0 Å². The van der Waals surface area contributed by atoms with Crippen LogP contribution >= 0.6 is 0 Å². The SMILES string of the molecule is C=C=CC(=C)C(=C)CCCC. The third kappa shape index (κ3) is 4.41. The summed E-state index contributed by atoms with van der Waals surface area (Å²) in [4.78, 5) is 0. The first-order valence-corrected chi connectivity index (χ1v) is 3.95. The third-order valence-electron chi connectivity index (χ3n) is 1.56. The summed E-state index contributed by atoms with van der Waals surface area (Å²) in [5, 5.41) is 0. The van der Waals surface area contributed by atoms with Crippen LogP contribution in [0.25, 0.3) is 0 Å². The molecule has 0 aliphatic carbocycles. The fourth-order valence-electron chi connectivity index (χ4n) is 0.776. The van der Waals surface area contributed by atoms with E-state index in [-0.39, 0.29) is 0 Å². The van der Waals surface area contributed by atoms with Gasteiger partial charge in [0.1, 0.15) is 0 Å². The lowest BCUT2D eigenvalue weighted by atomic mass is 10.0. The standard InChI is InChI=1S/C11H16/c1-5-7-9-11(4)10(3)8-6-2/h8H,2-5,7,9H2,1H3. The largest absolute Gasteiger partial charge is 0.128 e. The van der Waals surface area contributed by atoms with Gasteiger partial charge in [-0.25, -0.2) is 0 Å². The van der Waals surface area contributed by atoms with Crippen molar-refractivity contribution in [3.63, 3.8) is 0 Å². The molecule has 0 rings (SSSR count). The van der Waals surface area contributed by atoms with Gasteiger partial charge in [-0.2, -0.15) is 0 Å². The Morgan fingerprint density at radius 3 is 2.55 bits per heavy atom. The summed E-state index contributed by atoms with van der Waals surface area (Å²) in [6.07, 6.45) is 5.19. The minimum absolute atomic E-state index is 0.952. The van der Waals surface area contributed by atoms with Crippen LogP contribution in [0.4, 0.5) is 0 Å². The summed E-state index contributed by atoms with van der Waals surface area (Å²) in [5.41, 5.74) is 4.74. The average Bonchev–Trinajstić information content (AvgIpc) is 2.00. The number of rotatable bonds is 5. The van der Waals surface area contributed by atoms with E-state index in [9.17, 15) is 0 Å². The normalized spacial score (nSPS) is 8.45. The topological polar surface area (TPSA) is 0 Å². The minimum atomic E-state index is 0.952. The number of hydrogen-bond donors (Lipinski definition) is 0. The van der Waals surface area contributed by atoms with Crippen LogP contribution in [0.2, 0.25) is 0 Å². The molecule has 0 heterocycles. The Bertz CT molecular complexity index is 190. The Morgan fingerprint density at radius 1 is 1.45 bits per heavy atom. The zero-order valence-corrected chi connectivity index (χ0v) is 7.32. The molecule has 0 saturated carbocycles. The summed E-state index contributed by atoms with van der Waals surface area (Å²) in [6, 6.07) is 0. The van der Waals surface area contributed by atoms with Gasteiger partial charge in [-0.15, -0.1) is 5.73 Å². The smallest absolute Gasteiger partial charge is 0.0137 e. The maximum absolute atomic E-state index is 3.91. The van der Waals surface area contributed by atoms with Crippen LogP contribution in [-0.2, 0) is 0 Å². The quantitative estimate of drug-likeness (QED) is 0.412. The predicted molar refractivity (Wildman–Crippen MR) is 51.5 cm³/mol. The van der Waals surface area contributed by atoms with Gasteiger partial charge in [-0.05, 0) is 30.1 Å². The summed E-state index contributed by atoms with van der Waals surface area (Å²) in [7, 11) is 0. The van der Waals surface area contributed by atoms with E-state index in [1.807, 2.05) is 0 Å². The zero-order valence-electron chi connectivity index (χ0n) is 7.32. The second kappa shape index (κ2) is 5.76. The summed E-state index contributed by atoms with van der Waals surface area (Å²) < 4.78 is 0. The van der Waals surface area contributed by atoms with E-state index < -0.39 is 0 Å². The molecule has 60 valence electrons. The van der Waals surface area contributed by atoms with Crippen LogP contribution in [-0.4, -0.2) is 0 Å². The molecule has 0 amide bonds. The van der Waals surface area contributed by atoms with Gasteiger partial charge in [-0.1, -0.05) is 33.1 Å². The van der Waals surface area contributed by atoms with E-state index in [4.69, 9.17) is 0 Å². The molecule has 0 fully saturated rings. The van der Waals surface area contributed by atoms with Gasteiger partial charge < -0.3 is 0 Å². The van der Waals surface area contributed by atoms with Gasteiger partial charge >= 0.3 is 0 Å². The molecule has 0 aromatic carbocycles. The Balaban J connectivity index is 3.83. The highest BCUT2D eigenvalue weighted by atomic mass is 14.0. The molecule has 0 unspecified atom stereocenters. The van der Waals surface area contributed by atoms with Crippen LogP contribution in [0.3, 0.4) is 0 Å². The number of unbranched alkanes of at least 4 members (excludes halogenated alkanes) is 1. The second-order valence-electron chi connectivity index (χ2n) is 2.58. The highest BCUT2D eigenvalue weighted by Crippen LogP contribution is 2.13. The molecule has 0 radical (unpaired) electrons. The number of allylic oxidation sites excluding steroid dienone is 3. The van der Waals surface area contributed by atoms with Gasteiger partial charge in [-0.3, -0.25) is 0 Å². The average molecular weight is 148 g/mol. The summed E-state index contributed by atoms with van der Waals surface area (Å²) >= 11 is 0. The molecule has 0 atom stereocenters. The lowest BCUT2D eigenvalue weighted by Crippen LogP contribution is -1.82. The first-order chi connectivity index (χ1) is 5.22. The third-order valence-corrected chi connectivity index (χ3v) is 1.56. The fraction of sp³-hybridized carbons (Fsp3) is 0.364. The summed E-state index contributed by atoms with van der Waals surface area (Å²) in [5.74, 6) is 0. The molecule has 0 heteroatoms. The predicted octanol–water partition coefficient (Wildman–Crippen LogP) is 3.63.